The summed E-state index contributed by atoms with van der Waals surface area (Å²) < 4.78 is 5.43. The Kier molecular flexibility index (Phi) is 7.38. The minimum Gasteiger partial charge on any atom is -0.464 e. The van der Waals surface area contributed by atoms with Crippen molar-refractivity contribution >= 4 is 23.6 Å². The first kappa shape index (κ1) is 21.8. The average molecular weight is 392 g/mol. The number of unbranched alkanes of at least 4 members (excludes halogenated alkanes) is 1. The van der Waals surface area contributed by atoms with Gasteiger partial charge in [-0.15, -0.1) is 11.8 Å². The highest BCUT2D eigenvalue weighted by atomic mass is 32.2. The molecule has 2 atom stereocenters. The maximum atomic E-state index is 13.3. The highest BCUT2D eigenvalue weighted by Crippen LogP contribution is 2.36. The Balaban J connectivity index is 2.23. The second-order valence-electron chi connectivity index (χ2n) is 8.54. The number of hydrogen-bond acceptors (Lipinski definition) is 4. The Morgan fingerprint density at radius 1 is 1.22 bits per heavy atom. The molecular weight excluding hydrogens is 358 g/mol. The van der Waals surface area contributed by atoms with Crippen molar-refractivity contribution in [3.63, 3.8) is 0 Å². The first-order valence-corrected chi connectivity index (χ1v) is 10.9. The van der Waals surface area contributed by atoms with Gasteiger partial charge in [0, 0.05) is 11.3 Å². The van der Waals surface area contributed by atoms with Crippen LogP contribution in [0, 0.1) is 5.92 Å². The molecule has 1 aliphatic rings. The van der Waals surface area contributed by atoms with E-state index in [2.05, 4.69) is 41.5 Å². The fourth-order valence-corrected chi connectivity index (χ4v) is 4.62. The van der Waals surface area contributed by atoms with E-state index in [4.69, 9.17) is 4.74 Å². The molecule has 4 nitrogen and oxygen atoms in total. The fourth-order valence-electron chi connectivity index (χ4n) is 3.16. The second-order valence-corrected chi connectivity index (χ2v) is 9.69. The summed E-state index contributed by atoms with van der Waals surface area (Å²) in [5, 5.41) is -0.0106. The van der Waals surface area contributed by atoms with E-state index >= 15 is 0 Å². The minimum absolute atomic E-state index is 0.0106. The lowest BCUT2D eigenvalue weighted by atomic mass is 9.86. The van der Waals surface area contributed by atoms with Crippen molar-refractivity contribution in [3.8, 4) is 0 Å². The number of carbonyl (C=O) groups is 2. The van der Waals surface area contributed by atoms with Gasteiger partial charge >= 0.3 is 5.97 Å². The van der Waals surface area contributed by atoms with Crippen LogP contribution >= 0.6 is 11.8 Å². The van der Waals surface area contributed by atoms with E-state index < -0.39 is 6.04 Å². The normalized spacial score (nSPS) is 20.2. The minimum atomic E-state index is -0.506. The van der Waals surface area contributed by atoms with E-state index in [0.29, 0.717) is 17.9 Å². The average Bonchev–Trinajstić information content (AvgIpc) is 3.06. The molecule has 5 heteroatoms. The molecule has 1 saturated heterocycles. The van der Waals surface area contributed by atoms with Crippen LogP contribution < -0.4 is 0 Å². The molecule has 150 valence electrons. The number of esters is 1. The Labute approximate surface area is 168 Å². The van der Waals surface area contributed by atoms with Gasteiger partial charge in [-0.3, -0.25) is 4.79 Å². The summed E-state index contributed by atoms with van der Waals surface area (Å²) in [5.74, 6) is 0.496. The highest BCUT2D eigenvalue weighted by Gasteiger charge is 2.43. The molecule has 0 spiro atoms. The van der Waals surface area contributed by atoms with Gasteiger partial charge in [0.2, 0.25) is 0 Å². The molecule has 1 heterocycles. The summed E-state index contributed by atoms with van der Waals surface area (Å²) in [7, 11) is 0. The third kappa shape index (κ3) is 5.28. The van der Waals surface area contributed by atoms with Gasteiger partial charge in [0.05, 0.1) is 12.0 Å². The van der Waals surface area contributed by atoms with Crippen LogP contribution in [0.1, 0.15) is 70.3 Å². The molecular formula is C22H33NO3S. The van der Waals surface area contributed by atoms with E-state index in [1.807, 2.05) is 24.3 Å². The third-order valence-corrected chi connectivity index (χ3v) is 6.47. The zero-order valence-electron chi connectivity index (χ0n) is 17.5. The van der Waals surface area contributed by atoms with Crippen LogP contribution in [0.15, 0.2) is 24.3 Å². The number of benzene rings is 1. The lowest BCUT2D eigenvalue weighted by Crippen LogP contribution is -2.47. The van der Waals surface area contributed by atoms with Crippen LogP contribution in [0.2, 0.25) is 0 Å². The van der Waals surface area contributed by atoms with Gasteiger partial charge in [-0.25, -0.2) is 4.79 Å². The molecule has 27 heavy (non-hydrogen) atoms. The molecule has 2 rings (SSSR count). The number of carbonyl (C=O) groups excluding carboxylic acids is 2. The first-order chi connectivity index (χ1) is 12.7. The largest absolute Gasteiger partial charge is 0.464 e. The van der Waals surface area contributed by atoms with Gasteiger partial charge in [-0.1, -0.05) is 60.1 Å². The van der Waals surface area contributed by atoms with E-state index in [0.717, 1.165) is 12.8 Å². The van der Waals surface area contributed by atoms with Crippen molar-refractivity contribution < 1.29 is 14.3 Å². The van der Waals surface area contributed by atoms with Crippen molar-refractivity contribution in [2.24, 2.45) is 5.92 Å². The van der Waals surface area contributed by atoms with E-state index in [-0.39, 0.29) is 28.6 Å². The summed E-state index contributed by atoms with van der Waals surface area (Å²) in [6.45, 7) is 13.1. The number of nitrogens with zero attached hydrogens (tertiary/aromatic N) is 1. The van der Waals surface area contributed by atoms with Gasteiger partial charge in [-0.05, 0) is 35.4 Å². The van der Waals surface area contributed by atoms with Crippen molar-refractivity contribution in [2.45, 2.75) is 71.2 Å². The van der Waals surface area contributed by atoms with Crippen LogP contribution in [0.4, 0.5) is 0 Å². The summed E-state index contributed by atoms with van der Waals surface area (Å²) in [6, 6.07) is 7.27. The van der Waals surface area contributed by atoms with Crippen molar-refractivity contribution in [2.75, 3.05) is 12.4 Å². The molecule has 0 radical (unpaired) electrons. The van der Waals surface area contributed by atoms with E-state index in [1.165, 1.54) is 5.56 Å². The van der Waals surface area contributed by atoms with Crippen molar-refractivity contribution in [1.29, 1.82) is 0 Å². The fraction of sp³-hybridized carbons (Fsp3) is 0.636. The number of rotatable bonds is 6. The van der Waals surface area contributed by atoms with Crippen LogP contribution in [0.25, 0.3) is 0 Å². The summed E-state index contributed by atoms with van der Waals surface area (Å²) in [4.78, 5) is 27.6. The van der Waals surface area contributed by atoms with Gasteiger partial charge in [0.1, 0.15) is 6.04 Å². The van der Waals surface area contributed by atoms with Gasteiger partial charge < -0.3 is 9.64 Å². The zero-order chi connectivity index (χ0) is 20.2. The molecule has 1 aliphatic heterocycles. The summed E-state index contributed by atoms with van der Waals surface area (Å²) >= 11 is 1.67. The summed E-state index contributed by atoms with van der Waals surface area (Å²) in [5.41, 5.74) is 1.85. The molecule has 1 fully saturated rings. The van der Waals surface area contributed by atoms with Crippen molar-refractivity contribution in [3.05, 3.63) is 35.4 Å². The van der Waals surface area contributed by atoms with Gasteiger partial charge in [0.25, 0.3) is 5.91 Å². The quantitative estimate of drug-likeness (QED) is 0.513. The monoisotopic (exact) mass is 391 g/mol. The third-order valence-electron chi connectivity index (χ3n) is 4.85. The van der Waals surface area contributed by atoms with Crippen LogP contribution in [0.5, 0.6) is 0 Å². The van der Waals surface area contributed by atoms with Crippen LogP contribution in [0.3, 0.4) is 0 Å². The Bertz CT molecular complexity index is 649. The van der Waals surface area contributed by atoms with E-state index in [9.17, 15) is 9.59 Å². The lowest BCUT2D eigenvalue weighted by molar-refractivity contribution is -0.148. The van der Waals surface area contributed by atoms with Crippen LogP contribution in [-0.2, 0) is 14.9 Å². The topological polar surface area (TPSA) is 46.6 Å². The smallest absolute Gasteiger partial charge is 0.329 e. The molecule has 1 amide bonds. The lowest BCUT2D eigenvalue weighted by Gasteiger charge is -2.30. The molecule has 0 unspecified atom stereocenters. The SMILES string of the molecule is CCCCOC(=O)[C@H]1CS[C@@H](C(C)C)N1C(=O)c1ccc(C(C)(C)C)cc1. The molecule has 0 bridgehead atoms. The zero-order valence-corrected chi connectivity index (χ0v) is 18.3. The standard InChI is InChI=1S/C22H33NO3S/c1-7-8-13-26-21(25)18-14-27-20(15(2)3)23(18)19(24)16-9-11-17(12-10-16)22(4,5)6/h9-12,15,18,20H,7-8,13-14H2,1-6H3/t18-,20+/m1/s1. The molecule has 1 aromatic rings. The molecule has 0 aromatic heterocycles. The second kappa shape index (κ2) is 9.13. The number of ether oxygens (including phenoxy) is 1. The molecule has 0 aliphatic carbocycles. The van der Waals surface area contributed by atoms with Gasteiger partial charge in [-0.2, -0.15) is 0 Å². The number of hydrogen-bond donors (Lipinski definition) is 0. The predicted molar refractivity (Wildman–Crippen MR) is 112 cm³/mol. The molecule has 0 N–H and O–H groups in total. The first-order valence-electron chi connectivity index (χ1n) is 9.88. The Morgan fingerprint density at radius 3 is 2.37 bits per heavy atom. The summed E-state index contributed by atoms with van der Waals surface area (Å²) in [6.07, 6.45) is 1.82. The van der Waals surface area contributed by atoms with Crippen molar-refractivity contribution in [1.82, 2.24) is 4.90 Å². The predicted octanol–water partition coefficient (Wildman–Crippen LogP) is 4.87. The number of thioether (sulfide) groups is 1. The Hall–Kier alpha value is -1.49. The maximum Gasteiger partial charge on any atom is 0.329 e. The highest BCUT2D eigenvalue weighted by molar-refractivity contribution is 8.00. The van der Waals surface area contributed by atoms with Crippen LogP contribution in [-0.4, -0.2) is 40.6 Å². The maximum absolute atomic E-state index is 13.3. The molecule has 1 aromatic carbocycles. The number of amides is 1. The van der Waals surface area contributed by atoms with E-state index in [1.54, 1.807) is 16.7 Å². The van der Waals surface area contributed by atoms with Gasteiger partial charge in [0.15, 0.2) is 0 Å². The molecule has 0 saturated carbocycles. The Morgan fingerprint density at radius 2 is 1.85 bits per heavy atom.